The Balaban J connectivity index is 1.38. The number of aliphatic imine (C=N–C) groups is 1. The van der Waals surface area contributed by atoms with Gasteiger partial charge in [-0.3, -0.25) is 9.89 Å². The molecule has 4 rings (SSSR count). The minimum Gasteiger partial charge on any atom is -0.468 e. The van der Waals surface area contributed by atoms with Crippen LogP contribution in [0, 0.1) is 11.3 Å². The van der Waals surface area contributed by atoms with Gasteiger partial charge >= 0.3 is 0 Å². The van der Waals surface area contributed by atoms with Crippen molar-refractivity contribution >= 4 is 5.96 Å². The molecule has 0 aromatic carbocycles. The summed E-state index contributed by atoms with van der Waals surface area (Å²) < 4.78 is 11.8. The van der Waals surface area contributed by atoms with Crippen LogP contribution in [0.25, 0.3) is 0 Å². The number of likely N-dealkylation sites (tertiary alicyclic amines) is 1. The molecule has 1 aromatic heterocycles. The van der Waals surface area contributed by atoms with E-state index in [1.165, 1.54) is 25.7 Å². The van der Waals surface area contributed by atoms with Crippen molar-refractivity contribution in [2.24, 2.45) is 16.3 Å². The lowest BCUT2D eigenvalue weighted by atomic mass is 9.55. The van der Waals surface area contributed by atoms with Crippen LogP contribution in [0.1, 0.15) is 57.8 Å². The molecule has 0 radical (unpaired) electrons. The van der Waals surface area contributed by atoms with Crippen molar-refractivity contribution in [2.75, 3.05) is 33.3 Å². The Morgan fingerprint density at radius 3 is 2.82 bits per heavy atom. The molecular formula is C22H36N4O2. The molecule has 4 atom stereocenters. The lowest BCUT2D eigenvalue weighted by molar-refractivity contribution is -0.188. The third-order valence-electron chi connectivity index (χ3n) is 7.01. The molecule has 2 aliphatic heterocycles. The number of hydrogen-bond acceptors (Lipinski definition) is 4. The molecule has 2 N–H and O–H groups in total. The van der Waals surface area contributed by atoms with E-state index in [1.807, 2.05) is 13.1 Å². The Bertz CT molecular complexity index is 652. The second-order valence-electron chi connectivity index (χ2n) is 9.12. The molecule has 0 spiro atoms. The van der Waals surface area contributed by atoms with Crippen molar-refractivity contribution in [3.8, 4) is 0 Å². The minimum absolute atomic E-state index is 0.135. The first-order chi connectivity index (χ1) is 13.6. The number of rotatable bonds is 5. The maximum atomic E-state index is 6.04. The number of ether oxygens (including phenoxy) is 1. The molecule has 6 heteroatoms. The van der Waals surface area contributed by atoms with E-state index in [2.05, 4.69) is 40.4 Å². The summed E-state index contributed by atoms with van der Waals surface area (Å²) in [4.78, 5) is 7.06. The number of guanidine groups is 1. The highest BCUT2D eigenvalue weighted by Gasteiger charge is 2.58. The fourth-order valence-electron chi connectivity index (χ4n) is 5.47. The van der Waals surface area contributed by atoms with Gasteiger partial charge in [0.25, 0.3) is 0 Å². The Hall–Kier alpha value is -1.53. The van der Waals surface area contributed by atoms with Crippen molar-refractivity contribution in [2.45, 2.75) is 64.1 Å². The van der Waals surface area contributed by atoms with E-state index < -0.39 is 0 Å². The molecule has 3 heterocycles. The zero-order valence-electron chi connectivity index (χ0n) is 17.6. The lowest BCUT2D eigenvalue weighted by Gasteiger charge is -2.60. The fourth-order valence-corrected chi connectivity index (χ4v) is 5.47. The number of piperidine rings is 1. The maximum absolute atomic E-state index is 6.04. The average Bonchev–Trinajstić information content (AvgIpc) is 3.25. The highest BCUT2D eigenvalue weighted by molar-refractivity contribution is 5.80. The molecule has 156 valence electrons. The summed E-state index contributed by atoms with van der Waals surface area (Å²) in [5, 5.41) is 7.29. The molecule has 3 aliphatic rings. The molecule has 4 unspecified atom stereocenters. The van der Waals surface area contributed by atoms with E-state index in [9.17, 15) is 0 Å². The van der Waals surface area contributed by atoms with Gasteiger partial charge in [-0.25, -0.2) is 0 Å². The molecule has 1 aliphatic carbocycles. The largest absolute Gasteiger partial charge is 0.468 e. The van der Waals surface area contributed by atoms with Gasteiger partial charge in [0.1, 0.15) is 5.76 Å². The molecule has 0 amide bonds. The van der Waals surface area contributed by atoms with Gasteiger partial charge in [0.05, 0.1) is 18.4 Å². The summed E-state index contributed by atoms with van der Waals surface area (Å²) in [6.45, 7) is 8.59. The summed E-state index contributed by atoms with van der Waals surface area (Å²) in [5.41, 5.74) is 0.135. The van der Waals surface area contributed by atoms with Gasteiger partial charge in [-0.1, -0.05) is 20.3 Å². The van der Waals surface area contributed by atoms with Crippen LogP contribution in [0.2, 0.25) is 0 Å². The summed E-state index contributed by atoms with van der Waals surface area (Å²) in [7, 11) is 1.86. The number of nitrogens with zero attached hydrogens (tertiary/aromatic N) is 2. The van der Waals surface area contributed by atoms with E-state index in [4.69, 9.17) is 9.15 Å². The lowest BCUT2D eigenvalue weighted by Crippen LogP contribution is -2.71. The molecule has 2 saturated heterocycles. The molecular weight excluding hydrogens is 352 g/mol. The van der Waals surface area contributed by atoms with Crippen LogP contribution >= 0.6 is 0 Å². The van der Waals surface area contributed by atoms with Crippen molar-refractivity contribution < 1.29 is 9.15 Å². The van der Waals surface area contributed by atoms with Gasteiger partial charge in [-0.15, -0.1) is 0 Å². The SMILES string of the molecule is CN=C(NCC(c1ccco1)N1CCCCC1)NC1C2CCCOC2C1(C)C. The third kappa shape index (κ3) is 3.81. The van der Waals surface area contributed by atoms with Gasteiger partial charge < -0.3 is 19.8 Å². The summed E-state index contributed by atoms with van der Waals surface area (Å²) in [6.07, 6.45) is 8.43. The standard InChI is InChI=1S/C22H36N4O2/c1-22(2)19(16-9-7-14-28-20(16)22)25-21(23-3)24-15-17(18-10-8-13-27-18)26-11-5-4-6-12-26/h8,10,13,16-17,19-20H,4-7,9,11-12,14-15H2,1-3H3,(H2,23,24,25). The first kappa shape index (κ1) is 19.8. The summed E-state index contributed by atoms with van der Waals surface area (Å²) in [5.74, 6) is 2.51. The summed E-state index contributed by atoms with van der Waals surface area (Å²) >= 11 is 0. The molecule has 1 saturated carbocycles. The fraction of sp³-hybridized carbons (Fsp3) is 0.773. The van der Waals surface area contributed by atoms with E-state index in [1.54, 1.807) is 6.26 Å². The first-order valence-corrected chi connectivity index (χ1v) is 11.0. The smallest absolute Gasteiger partial charge is 0.191 e. The second-order valence-corrected chi connectivity index (χ2v) is 9.12. The molecule has 0 bridgehead atoms. The van der Waals surface area contributed by atoms with Crippen LogP contribution in [0.15, 0.2) is 27.8 Å². The van der Waals surface area contributed by atoms with Crippen LogP contribution in [-0.2, 0) is 4.74 Å². The molecule has 28 heavy (non-hydrogen) atoms. The minimum atomic E-state index is 0.135. The van der Waals surface area contributed by atoms with Gasteiger partial charge in [-0.2, -0.15) is 0 Å². The number of fused-ring (bicyclic) bond motifs is 1. The maximum Gasteiger partial charge on any atom is 0.191 e. The predicted octanol–water partition coefficient (Wildman–Crippen LogP) is 3.18. The first-order valence-electron chi connectivity index (χ1n) is 11.0. The van der Waals surface area contributed by atoms with Crippen molar-refractivity contribution in [3.63, 3.8) is 0 Å². The van der Waals surface area contributed by atoms with Crippen LogP contribution in [0.4, 0.5) is 0 Å². The van der Waals surface area contributed by atoms with E-state index in [-0.39, 0.29) is 11.5 Å². The predicted molar refractivity (Wildman–Crippen MR) is 111 cm³/mol. The van der Waals surface area contributed by atoms with E-state index in [0.717, 1.165) is 44.4 Å². The Labute approximate surface area is 169 Å². The highest BCUT2D eigenvalue weighted by Crippen LogP contribution is 2.51. The van der Waals surface area contributed by atoms with Gasteiger partial charge in [0.2, 0.25) is 0 Å². The monoisotopic (exact) mass is 388 g/mol. The summed E-state index contributed by atoms with van der Waals surface area (Å²) in [6, 6.07) is 4.73. The van der Waals surface area contributed by atoms with Gasteiger partial charge in [-0.05, 0) is 50.9 Å². The third-order valence-corrected chi connectivity index (χ3v) is 7.01. The van der Waals surface area contributed by atoms with Crippen molar-refractivity contribution in [1.82, 2.24) is 15.5 Å². The molecule has 3 fully saturated rings. The topological polar surface area (TPSA) is 62.0 Å². The highest BCUT2D eigenvalue weighted by atomic mass is 16.5. The number of hydrogen-bond donors (Lipinski definition) is 2. The number of nitrogens with one attached hydrogen (secondary N) is 2. The zero-order valence-corrected chi connectivity index (χ0v) is 17.6. The van der Waals surface area contributed by atoms with E-state index in [0.29, 0.717) is 18.1 Å². The zero-order chi connectivity index (χ0) is 19.6. The Morgan fingerprint density at radius 1 is 1.29 bits per heavy atom. The second kappa shape index (κ2) is 8.46. The Kier molecular flexibility index (Phi) is 5.97. The quantitative estimate of drug-likeness (QED) is 0.599. The molecule has 1 aromatic rings. The van der Waals surface area contributed by atoms with Crippen molar-refractivity contribution in [3.05, 3.63) is 24.2 Å². The van der Waals surface area contributed by atoms with Crippen LogP contribution < -0.4 is 10.6 Å². The Morgan fingerprint density at radius 2 is 2.11 bits per heavy atom. The van der Waals surface area contributed by atoms with Crippen LogP contribution in [-0.4, -0.2) is 56.3 Å². The van der Waals surface area contributed by atoms with Gasteiger partial charge in [0.15, 0.2) is 5.96 Å². The van der Waals surface area contributed by atoms with Crippen molar-refractivity contribution in [1.29, 1.82) is 0 Å². The van der Waals surface area contributed by atoms with E-state index >= 15 is 0 Å². The van der Waals surface area contributed by atoms with Crippen LogP contribution in [0.5, 0.6) is 0 Å². The van der Waals surface area contributed by atoms with Crippen LogP contribution in [0.3, 0.4) is 0 Å². The van der Waals surface area contributed by atoms with Gasteiger partial charge in [0, 0.05) is 37.6 Å². The molecule has 6 nitrogen and oxygen atoms in total. The average molecular weight is 389 g/mol. The number of furan rings is 1. The normalized spacial score (nSPS) is 31.5.